The predicted octanol–water partition coefficient (Wildman–Crippen LogP) is 3.54. The van der Waals surface area contributed by atoms with Gasteiger partial charge < -0.3 is 4.90 Å². The third-order valence-corrected chi connectivity index (χ3v) is 5.53. The second-order valence-electron chi connectivity index (χ2n) is 5.20. The summed E-state index contributed by atoms with van der Waals surface area (Å²) < 4.78 is 24.9. The van der Waals surface area contributed by atoms with Crippen LogP contribution in [0, 0.1) is 0 Å². The van der Waals surface area contributed by atoms with E-state index in [4.69, 9.17) is 0 Å². The Morgan fingerprint density at radius 2 is 1.57 bits per heavy atom. The first kappa shape index (κ1) is 17.2. The van der Waals surface area contributed by atoms with Gasteiger partial charge in [0.1, 0.15) is 0 Å². The van der Waals surface area contributed by atoms with Crippen LogP contribution in [0.15, 0.2) is 59.5 Å². The summed E-state index contributed by atoms with van der Waals surface area (Å²) in [6.07, 6.45) is 0.515. The number of nitrogens with zero attached hydrogens (tertiary/aromatic N) is 1. The molecule has 0 N–H and O–H groups in total. The minimum absolute atomic E-state index is 0.0365. The van der Waals surface area contributed by atoms with E-state index in [1.807, 2.05) is 44.2 Å². The Balaban J connectivity index is 2.48. The van der Waals surface area contributed by atoms with Gasteiger partial charge in [0.05, 0.1) is 16.2 Å². The number of carbonyl (C=O) groups is 1. The molecule has 0 aliphatic carbocycles. The smallest absolute Gasteiger partial charge is 0.259 e. The average Bonchev–Trinajstić information content (AvgIpc) is 2.56. The van der Waals surface area contributed by atoms with Gasteiger partial charge in [0.15, 0.2) is 9.84 Å². The summed E-state index contributed by atoms with van der Waals surface area (Å²) in [5.41, 5.74) is 0.981. The molecule has 0 aliphatic heterocycles. The first-order valence-electron chi connectivity index (χ1n) is 7.70. The number of para-hydroxylation sites is 1. The van der Waals surface area contributed by atoms with Crippen molar-refractivity contribution in [1.82, 2.24) is 0 Å². The fourth-order valence-electron chi connectivity index (χ4n) is 2.49. The molecule has 2 aromatic rings. The molecule has 4 nitrogen and oxygen atoms in total. The molecule has 2 rings (SSSR count). The molecule has 0 radical (unpaired) electrons. The highest BCUT2D eigenvalue weighted by Crippen LogP contribution is 2.22. The van der Waals surface area contributed by atoms with Gasteiger partial charge in [-0.3, -0.25) is 4.79 Å². The number of carbonyl (C=O) groups excluding carboxylic acids is 1. The van der Waals surface area contributed by atoms with Crippen molar-refractivity contribution < 1.29 is 13.2 Å². The highest BCUT2D eigenvalue weighted by atomic mass is 32.2. The first-order valence-corrected chi connectivity index (χ1v) is 9.35. The molecule has 122 valence electrons. The highest BCUT2D eigenvalue weighted by Gasteiger charge is 2.24. The molecular weight excluding hydrogens is 310 g/mol. The van der Waals surface area contributed by atoms with E-state index >= 15 is 0 Å². The quantitative estimate of drug-likeness (QED) is 0.813. The number of hydrogen-bond acceptors (Lipinski definition) is 3. The summed E-state index contributed by atoms with van der Waals surface area (Å²) in [6, 6.07) is 15.7. The summed E-state index contributed by atoms with van der Waals surface area (Å²) in [5.74, 6) is -0.261. The second-order valence-corrected chi connectivity index (χ2v) is 7.28. The number of benzene rings is 2. The van der Waals surface area contributed by atoms with E-state index < -0.39 is 9.84 Å². The van der Waals surface area contributed by atoms with Crippen LogP contribution in [-0.4, -0.2) is 26.6 Å². The first-order chi connectivity index (χ1) is 11.0. The molecule has 0 saturated carbocycles. The van der Waals surface area contributed by atoms with Crippen LogP contribution in [0.4, 0.5) is 5.69 Å². The van der Waals surface area contributed by atoms with Crippen molar-refractivity contribution >= 4 is 21.4 Å². The van der Waals surface area contributed by atoms with Gasteiger partial charge in [-0.2, -0.15) is 0 Å². The molecule has 0 unspecified atom stereocenters. The normalized spacial score (nSPS) is 11.2. The molecule has 23 heavy (non-hydrogen) atoms. The van der Waals surface area contributed by atoms with Gasteiger partial charge >= 0.3 is 0 Å². The average molecular weight is 331 g/mol. The topological polar surface area (TPSA) is 54.5 Å². The van der Waals surface area contributed by atoms with Gasteiger partial charge in [0, 0.05) is 12.2 Å². The molecule has 0 spiro atoms. The second kappa shape index (κ2) is 7.42. The van der Waals surface area contributed by atoms with E-state index in [0.717, 1.165) is 5.69 Å². The van der Waals surface area contributed by atoms with E-state index in [1.54, 1.807) is 23.1 Å². The molecule has 0 aliphatic rings. The Hall–Kier alpha value is -2.14. The van der Waals surface area contributed by atoms with Crippen LogP contribution in [-0.2, 0) is 9.84 Å². The van der Waals surface area contributed by atoms with Gasteiger partial charge in [0.25, 0.3) is 5.91 Å². The zero-order chi connectivity index (χ0) is 16.9. The minimum Gasteiger partial charge on any atom is -0.309 e. The Morgan fingerprint density at radius 3 is 2.17 bits per heavy atom. The van der Waals surface area contributed by atoms with Gasteiger partial charge in [0.2, 0.25) is 0 Å². The van der Waals surface area contributed by atoms with Crippen molar-refractivity contribution in [3.8, 4) is 0 Å². The molecule has 0 saturated heterocycles. The lowest BCUT2D eigenvalue weighted by molar-refractivity contribution is 0.0985. The molecule has 2 aromatic carbocycles. The number of sulfone groups is 1. The van der Waals surface area contributed by atoms with E-state index in [9.17, 15) is 13.2 Å². The van der Waals surface area contributed by atoms with Crippen LogP contribution >= 0.6 is 0 Å². The maximum Gasteiger partial charge on any atom is 0.259 e. The monoisotopic (exact) mass is 331 g/mol. The maximum absolute atomic E-state index is 12.9. The molecule has 1 amide bonds. The SMILES string of the molecule is CCCS(=O)(=O)c1ccccc1C(=O)N(CC)c1ccccc1. The van der Waals surface area contributed by atoms with E-state index in [1.165, 1.54) is 6.07 Å². The van der Waals surface area contributed by atoms with Gasteiger partial charge in [-0.15, -0.1) is 0 Å². The lowest BCUT2D eigenvalue weighted by atomic mass is 10.1. The summed E-state index contributed by atoms with van der Waals surface area (Å²) in [7, 11) is -3.46. The number of amides is 1. The molecular formula is C18H21NO3S. The van der Waals surface area contributed by atoms with Gasteiger partial charge in [-0.05, 0) is 37.6 Å². The molecule has 0 bridgehead atoms. The third-order valence-electron chi connectivity index (χ3n) is 3.55. The van der Waals surface area contributed by atoms with Gasteiger partial charge in [-0.25, -0.2) is 8.42 Å². The largest absolute Gasteiger partial charge is 0.309 e. The lowest BCUT2D eigenvalue weighted by Gasteiger charge is -2.22. The van der Waals surface area contributed by atoms with Crippen molar-refractivity contribution in [3.63, 3.8) is 0 Å². The predicted molar refractivity (Wildman–Crippen MR) is 92.6 cm³/mol. The third kappa shape index (κ3) is 3.79. The van der Waals surface area contributed by atoms with Gasteiger partial charge in [-0.1, -0.05) is 37.3 Å². The lowest BCUT2D eigenvalue weighted by Crippen LogP contribution is -2.31. The Bertz CT molecular complexity index is 770. The fourth-order valence-corrected chi connectivity index (χ4v) is 4.02. The van der Waals surface area contributed by atoms with E-state index in [0.29, 0.717) is 13.0 Å². The van der Waals surface area contributed by atoms with Crippen LogP contribution in [0.25, 0.3) is 0 Å². The van der Waals surface area contributed by atoms with Crippen LogP contribution in [0.2, 0.25) is 0 Å². The van der Waals surface area contributed by atoms with Crippen molar-refractivity contribution in [2.45, 2.75) is 25.2 Å². The summed E-state index contributed by atoms with van der Waals surface area (Å²) in [6.45, 7) is 4.14. The highest BCUT2D eigenvalue weighted by molar-refractivity contribution is 7.91. The summed E-state index contributed by atoms with van der Waals surface area (Å²) in [4.78, 5) is 14.6. The van der Waals surface area contributed by atoms with E-state index in [2.05, 4.69) is 0 Å². The number of anilines is 1. The fraction of sp³-hybridized carbons (Fsp3) is 0.278. The molecule has 5 heteroatoms. The number of rotatable bonds is 6. The standard InChI is InChI=1S/C18H21NO3S/c1-3-14-23(21,22)17-13-9-8-12-16(17)18(20)19(4-2)15-10-6-5-7-11-15/h5-13H,3-4,14H2,1-2H3. The van der Waals surface area contributed by atoms with Crippen LogP contribution in [0.5, 0.6) is 0 Å². The number of hydrogen-bond donors (Lipinski definition) is 0. The zero-order valence-electron chi connectivity index (χ0n) is 13.4. The van der Waals surface area contributed by atoms with Crippen molar-refractivity contribution in [3.05, 3.63) is 60.2 Å². The maximum atomic E-state index is 12.9. The molecule has 0 aromatic heterocycles. The molecule has 0 fully saturated rings. The minimum atomic E-state index is -3.46. The Morgan fingerprint density at radius 1 is 0.957 bits per heavy atom. The van der Waals surface area contributed by atoms with Crippen molar-refractivity contribution in [2.24, 2.45) is 0 Å². The molecule has 0 heterocycles. The Kier molecular flexibility index (Phi) is 5.55. The van der Waals surface area contributed by atoms with Crippen molar-refractivity contribution in [2.75, 3.05) is 17.2 Å². The zero-order valence-corrected chi connectivity index (χ0v) is 14.2. The summed E-state index contributed by atoms with van der Waals surface area (Å²) in [5, 5.41) is 0. The van der Waals surface area contributed by atoms with Crippen LogP contribution in [0.3, 0.4) is 0 Å². The van der Waals surface area contributed by atoms with Crippen LogP contribution < -0.4 is 4.90 Å². The van der Waals surface area contributed by atoms with E-state index in [-0.39, 0.29) is 22.1 Å². The summed E-state index contributed by atoms with van der Waals surface area (Å²) >= 11 is 0. The van der Waals surface area contributed by atoms with Crippen LogP contribution in [0.1, 0.15) is 30.6 Å². The van der Waals surface area contributed by atoms with Crippen molar-refractivity contribution in [1.29, 1.82) is 0 Å². The Labute approximate surface area is 137 Å². The molecule has 0 atom stereocenters.